The number of carbonyl (C=O) groups is 1. The minimum Gasteiger partial charge on any atom is -0.493 e. The highest BCUT2D eigenvalue weighted by Crippen LogP contribution is 2.29. The molecule has 1 amide bonds. The number of hydrogen-bond acceptors (Lipinski definition) is 5. The number of hydrogen-bond donors (Lipinski definition) is 1. The number of nitrogens with one attached hydrogen (secondary N) is 1. The van der Waals surface area contributed by atoms with E-state index in [4.69, 9.17) is 4.74 Å². The van der Waals surface area contributed by atoms with Crippen molar-refractivity contribution in [1.82, 2.24) is 9.62 Å². The van der Waals surface area contributed by atoms with E-state index in [-0.39, 0.29) is 28.7 Å². The molecule has 0 saturated carbocycles. The van der Waals surface area contributed by atoms with Gasteiger partial charge in [-0.1, -0.05) is 24.6 Å². The minimum atomic E-state index is -3.50. The number of alkyl halides is 2. The van der Waals surface area contributed by atoms with Gasteiger partial charge in [-0.3, -0.25) is 4.79 Å². The van der Waals surface area contributed by atoms with Crippen LogP contribution < -0.4 is 14.8 Å². The van der Waals surface area contributed by atoms with Gasteiger partial charge in [-0.25, -0.2) is 8.42 Å². The molecule has 1 fully saturated rings. The van der Waals surface area contributed by atoms with Crippen LogP contribution in [-0.4, -0.2) is 52.0 Å². The molecule has 1 aliphatic heterocycles. The summed E-state index contributed by atoms with van der Waals surface area (Å²) in [5.74, 6) is -0.0797. The Morgan fingerprint density at radius 3 is 2.33 bits per heavy atom. The first-order valence-electron chi connectivity index (χ1n) is 10.8. The Morgan fingerprint density at radius 2 is 1.70 bits per heavy atom. The minimum absolute atomic E-state index is 0.0593. The fourth-order valence-electron chi connectivity index (χ4n) is 3.69. The van der Waals surface area contributed by atoms with Crippen LogP contribution in [-0.2, 0) is 27.7 Å². The molecule has 1 aliphatic rings. The first kappa shape index (κ1) is 24.9. The summed E-state index contributed by atoms with van der Waals surface area (Å²) in [6, 6.07) is 11.1. The number of halogens is 2. The molecule has 0 aliphatic carbocycles. The molecule has 0 spiro atoms. The summed E-state index contributed by atoms with van der Waals surface area (Å²) in [4.78, 5) is 12.5. The van der Waals surface area contributed by atoms with E-state index >= 15 is 0 Å². The summed E-state index contributed by atoms with van der Waals surface area (Å²) >= 11 is 0. The van der Waals surface area contributed by atoms with Gasteiger partial charge in [0, 0.05) is 19.6 Å². The van der Waals surface area contributed by atoms with Crippen LogP contribution in [0.4, 0.5) is 8.78 Å². The highest BCUT2D eigenvalue weighted by atomic mass is 32.2. The number of ether oxygens (including phenoxy) is 2. The third kappa shape index (κ3) is 6.88. The van der Waals surface area contributed by atoms with Crippen molar-refractivity contribution < 1.29 is 31.5 Å². The fraction of sp³-hybridized carbons (Fsp3) is 0.435. The molecular formula is C23H28F2N2O5S. The molecule has 10 heteroatoms. The van der Waals surface area contributed by atoms with Gasteiger partial charge in [0.2, 0.25) is 15.9 Å². The standard InChI is InChI=1S/C23H28F2N2O5S/c1-31-20-10-7-18(15-21(20)32-23(24)25)11-12-26-22(28)16-17-5-8-19(9-6-17)33(29,30)27-13-3-2-4-14-27/h5-10,15,23H,2-4,11-14,16H2,1H3,(H,26,28). The van der Waals surface area contributed by atoms with E-state index < -0.39 is 16.6 Å². The lowest BCUT2D eigenvalue weighted by atomic mass is 10.1. The van der Waals surface area contributed by atoms with Crippen LogP contribution in [0.2, 0.25) is 0 Å². The van der Waals surface area contributed by atoms with Crippen molar-refractivity contribution in [2.45, 2.75) is 43.6 Å². The van der Waals surface area contributed by atoms with Crippen molar-refractivity contribution in [1.29, 1.82) is 0 Å². The molecule has 3 rings (SSSR count). The van der Waals surface area contributed by atoms with Crippen LogP contribution in [0.15, 0.2) is 47.4 Å². The Bertz CT molecular complexity index is 1040. The Labute approximate surface area is 192 Å². The zero-order valence-corrected chi connectivity index (χ0v) is 19.2. The summed E-state index contributed by atoms with van der Waals surface area (Å²) in [5, 5.41) is 2.78. The monoisotopic (exact) mass is 482 g/mol. The van der Waals surface area contributed by atoms with Gasteiger partial charge in [0.15, 0.2) is 11.5 Å². The number of amides is 1. The predicted octanol–water partition coefficient (Wildman–Crippen LogP) is 3.37. The summed E-state index contributed by atoms with van der Waals surface area (Å²) in [6.07, 6.45) is 3.31. The Morgan fingerprint density at radius 1 is 1.03 bits per heavy atom. The quantitative estimate of drug-likeness (QED) is 0.561. The molecule has 0 atom stereocenters. The lowest BCUT2D eigenvalue weighted by Crippen LogP contribution is -2.35. The molecule has 2 aromatic carbocycles. The van der Waals surface area contributed by atoms with E-state index in [2.05, 4.69) is 10.1 Å². The zero-order chi connectivity index (χ0) is 23.8. The fourth-order valence-corrected chi connectivity index (χ4v) is 5.21. The van der Waals surface area contributed by atoms with Crippen LogP contribution in [0, 0.1) is 0 Å². The van der Waals surface area contributed by atoms with Crippen molar-refractivity contribution in [3.05, 3.63) is 53.6 Å². The van der Waals surface area contributed by atoms with E-state index in [0.29, 0.717) is 37.2 Å². The normalized spacial score (nSPS) is 14.8. The SMILES string of the molecule is COc1ccc(CCNC(=O)Cc2ccc(S(=O)(=O)N3CCCCC3)cc2)cc1OC(F)F. The molecular weight excluding hydrogens is 454 g/mol. The number of piperidine rings is 1. The maximum atomic E-state index is 12.7. The number of carbonyl (C=O) groups excluding carboxylic acids is 1. The molecule has 2 aromatic rings. The summed E-state index contributed by atoms with van der Waals surface area (Å²) in [5.41, 5.74) is 1.40. The van der Waals surface area contributed by atoms with Crippen molar-refractivity contribution in [3.8, 4) is 11.5 Å². The third-order valence-corrected chi connectivity index (χ3v) is 7.33. The van der Waals surface area contributed by atoms with Gasteiger partial charge < -0.3 is 14.8 Å². The molecule has 1 heterocycles. The second-order valence-electron chi connectivity index (χ2n) is 7.75. The Hall–Kier alpha value is -2.72. The molecule has 0 unspecified atom stereocenters. The van der Waals surface area contributed by atoms with Gasteiger partial charge in [-0.2, -0.15) is 13.1 Å². The van der Waals surface area contributed by atoms with Crippen molar-refractivity contribution in [2.75, 3.05) is 26.7 Å². The number of nitrogens with zero attached hydrogens (tertiary/aromatic N) is 1. The predicted molar refractivity (Wildman–Crippen MR) is 119 cm³/mol. The average molecular weight is 483 g/mol. The molecule has 0 bridgehead atoms. The second kappa shape index (κ2) is 11.4. The van der Waals surface area contributed by atoms with E-state index in [1.165, 1.54) is 35.7 Å². The Balaban J connectivity index is 1.51. The number of methoxy groups -OCH3 is 1. The molecule has 0 aromatic heterocycles. The zero-order valence-electron chi connectivity index (χ0n) is 18.4. The topological polar surface area (TPSA) is 84.9 Å². The molecule has 0 radical (unpaired) electrons. The molecule has 7 nitrogen and oxygen atoms in total. The smallest absolute Gasteiger partial charge is 0.387 e. The van der Waals surface area contributed by atoms with Gasteiger partial charge in [0.05, 0.1) is 18.4 Å². The van der Waals surface area contributed by atoms with Gasteiger partial charge >= 0.3 is 6.61 Å². The lowest BCUT2D eigenvalue weighted by molar-refractivity contribution is -0.120. The van der Waals surface area contributed by atoms with Gasteiger partial charge in [-0.15, -0.1) is 0 Å². The first-order chi connectivity index (χ1) is 15.8. The van der Waals surface area contributed by atoms with E-state index in [1.54, 1.807) is 18.2 Å². The van der Waals surface area contributed by atoms with E-state index in [0.717, 1.165) is 19.3 Å². The van der Waals surface area contributed by atoms with Crippen LogP contribution in [0.1, 0.15) is 30.4 Å². The number of sulfonamides is 1. The number of benzene rings is 2. The maximum Gasteiger partial charge on any atom is 0.387 e. The lowest BCUT2D eigenvalue weighted by Gasteiger charge is -2.25. The second-order valence-corrected chi connectivity index (χ2v) is 9.69. The Kier molecular flexibility index (Phi) is 8.62. The summed E-state index contributed by atoms with van der Waals surface area (Å²) in [7, 11) is -2.14. The summed E-state index contributed by atoms with van der Waals surface area (Å²) in [6.45, 7) is -1.58. The van der Waals surface area contributed by atoms with Gasteiger partial charge in [0.1, 0.15) is 0 Å². The number of rotatable bonds is 10. The third-order valence-electron chi connectivity index (χ3n) is 5.42. The van der Waals surface area contributed by atoms with Crippen molar-refractivity contribution in [3.63, 3.8) is 0 Å². The molecule has 180 valence electrons. The highest BCUT2D eigenvalue weighted by Gasteiger charge is 2.25. The van der Waals surface area contributed by atoms with Crippen LogP contribution >= 0.6 is 0 Å². The van der Waals surface area contributed by atoms with Crippen molar-refractivity contribution in [2.24, 2.45) is 0 Å². The molecule has 1 N–H and O–H groups in total. The van der Waals surface area contributed by atoms with Crippen LogP contribution in [0.25, 0.3) is 0 Å². The van der Waals surface area contributed by atoms with Crippen molar-refractivity contribution >= 4 is 15.9 Å². The molecule has 1 saturated heterocycles. The van der Waals surface area contributed by atoms with E-state index in [1.807, 2.05) is 0 Å². The molecule has 33 heavy (non-hydrogen) atoms. The average Bonchev–Trinajstić information content (AvgIpc) is 2.80. The van der Waals surface area contributed by atoms with Crippen LogP contribution in [0.5, 0.6) is 11.5 Å². The largest absolute Gasteiger partial charge is 0.493 e. The maximum absolute atomic E-state index is 12.7. The highest BCUT2D eigenvalue weighted by molar-refractivity contribution is 7.89. The van der Waals surface area contributed by atoms with Gasteiger partial charge in [-0.05, 0) is 54.7 Å². The van der Waals surface area contributed by atoms with Crippen LogP contribution in [0.3, 0.4) is 0 Å². The van der Waals surface area contributed by atoms with Gasteiger partial charge in [0.25, 0.3) is 0 Å². The first-order valence-corrected chi connectivity index (χ1v) is 12.2. The summed E-state index contributed by atoms with van der Waals surface area (Å²) < 4.78 is 61.5. The van der Waals surface area contributed by atoms with E-state index in [9.17, 15) is 22.0 Å².